The smallest absolute Gasteiger partial charge is 0.416 e. The summed E-state index contributed by atoms with van der Waals surface area (Å²) < 4.78 is 37.3. The van der Waals surface area contributed by atoms with Crippen LogP contribution in [-0.2, 0) is 20.6 Å². The molecule has 0 aliphatic carbocycles. The molecular formula is C16H20F3N3O5. The molecule has 0 unspecified atom stereocenters. The van der Waals surface area contributed by atoms with E-state index in [0.717, 1.165) is 38.3 Å². The number of carbonyl (C=O) groups is 3. The van der Waals surface area contributed by atoms with E-state index in [0.29, 0.717) is 5.69 Å². The predicted molar refractivity (Wildman–Crippen MR) is 89.3 cm³/mol. The van der Waals surface area contributed by atoms with Gasteiger partial charge in [0, 0.05) is 31.9 Å². The molecule has 1 fully saturated rings. The van der Waals surface area contributed by atoms with Gasteiger partial charge in [0.15, 0.2) is 0 Å². The molecule has 150 valence electrons. The highest BCUT2D eigenvalue weighted by atomic mass is 19.4. The zero-order valence-corrected chi connectivity index (χ0v) is 14.5. The second kappa shape index (κ2) is 9.88. The van der Waals surface area contributed by atoms with E-state index in [1.807, 2.05) is 11.9 Å². The Labute approximate surface area is 153 Å². The number of benzene rings is 1. The molecule has 11 heteroatoms. The number of hydrogen-bond acceptors (Lipinski definition) is 5. The van der Waals surface area contributed by atoms with Gasteiger partial charge >= 0.3 is 18.1 Å². The summed E-state index contributed by atoms with van der Waals surface area (Å²) in [6.07, 6.45) is -4.36. The zero-order valence-electron chi connectivity index (χ0n) is 14.5. The van der Waals surface area contributed by atoms with E-state index in [-0.39, 0.29) is 12.5 Å². The van der Waals surface area contributed by atoms with E-state index >= 15 is 0 Å². The van der Waals surface area contributed by atoms with E-state index in [1.165, 1.54) is 12.1 Å². The number of anilines is 1. The Kier molecular flexibility index (Phi) is 8.19. The van der Waals surface area contributed by atoms with Crippen molar-refractivity contribution >= 4 is 23.5 Å². The van der Waals surface area contributed by atoms with Crippen molar-refractivity contribution < 1.29 is 37.8 Å². The van der Waals surface area contributed by atoms with Crippen LogP contribution in [0.2, 0.25) is 0 Å². The Bertz CT molecular complexity index is 644. The van der Waals surface area contributed by atoms with E-state index < -0.39 is 23.7 Å². The fourth-order valence-corrected chi connectivity index (χ4v) is 2.15. The maximum atomic E-state index is 12.4. The highest BCUT2D eigenvalue weighted by Crippen LogP contribution is 2.29. The number of nitrogens with one attached hydrogen (secondary N) is 1. The van der Waals surface area contributed by atoms with Crippen LogP contribution < -0.4 is 5.32 Å². The Morgan fingerprint density at radius 2 is 1.48 bits per heavy atom. The van der Waals surface area contributed by atoms with Gasteiger partial charge in [-0.1, -0.05) is 0 Å². The summed E-state index contributed by atoms with van der Waals surface area (Å²) in [6.45, 7) is 3.71. The lowest BCUT2D eigenvalue weighted by Crippen LogP contribution is -2.47. The number of hydrogen-bond donors (Lipinski definition) is 3. The van der Waals surface area contributed by atoms with E-state index in [2.05, 4.69) is 10.2 Å². The summed E-state index contributed by atoms with van der Waals surface area (Å²) in [6, 6.07) is 4.46. The van der Waals surface area contributed by atoms with Crippen molar-refractivity contribution in [1.82, 2.24) is 9.80 Å². The Hall–Kier alpha value is -2.66. The third-order valence-electron chi connectivity index (χ3n) is 3.64. The molecule has 2 rings (SSSR count). The molecule has 1 amide bonds. The molecule has 1 aliphatic rings. The van der Waals surface area contributed by atoms with Crippen molar-refractivity contribution in [3.8, 4) is 0 Å². The van der Waals surface area contributed by atoms with Gasteiger partial charge in [-0.3, -0.25) is 9.69 Å². The van der Waals surface area contributed by atoms with Crippen LogP contribution in [0.4, 0.5) is 18.9 Å². The van der Waals surface area contributed by atoms with Crippen LogP contribution in [-0.4, -0.2) is 77.6 Å². The summed E-state index contributed by atoms with van der Waals surface area (Å²) in [7, 11) is 2.03. The van der Waals surface area contributed by atoms with Gasteiger partial charge < -0.3 is 20.4 Å². The van der Waals surface area contributed by atoms with Gasteiger partial charge in [0.25, 0.3) is 0 Å². The minimum Gasteiger partial charge on any atom is -0.473 e. The van der Waals surface area contributed by atoms with Crippen LogP contribution in [0.25, 0.3) is 0 Å². The number of likely N-dealkylation sites (N-methyl/N-ethyl adjacent to an activating group) is 1. The molecule has 1 aliphatic heterocycles. The average Bonchev–Trinajstić information content (AvgIpc) is 2.57. The van der Waals surface area contributed by atoms with Gasteiger partial charge in [-0.2, -0.15) is 13.2 Å². The van der Waals surface area contributed by atoms with Crippen LogP contribution in [0, 0.1) is 0 Å². The Morgan fingerprint density at radius 3 is 1.89 bits per heavy atom. The molecule has 0 aromatic heterocycles. The predicted octanol–water partition coefficient (Wildman–Crippen LogP) is 1.05. The normalized spacial score (nSPS) is 15.4. The van der Waals surface area contributed by atoms with Crippen LogP contribution in [0.1, 0.15) is 5.56 Å². The molecule has 0 bridgehead atoms. The third-order valence-corrected chi connectivity index (χ3v) is 3.64. The molecule has 3 N–H and O–H groups in total. The quantitative estimate of drug-likeness (QED) is 0.661. The first kappa shape index (κ1) is 22.4. The first-order chi connectivity index (χ1) is 12.5. The van der Waals surface area contributed by atoms with Crippen LogP contribution in [0.5, 0.6) is 0 Å². The fraction of sp³-hybridized carbons (Fsp3) is 0.438. The van der Waals surface area contributed by atoms with Crippen LogP contribution in [0.15, 0.2) is 24.3 Å². The molecule has 27 heavy (non-hydrogen) atoms. The molecule has 0 radical (unpaired) electrons. The number of carbonyl (C=O) groups excluding carboxylic acids is 1. The molecular weight excluding hydrogens is 371 g/mol. The van der Waals surface area contributed by atoms with E-state index in [4.69, 9.17) is 19.8 Å². The van der Waals surface area contributed by atoms with Gasteiger partial charge in [0.05, 0.1) is 12.1 Å². The van der Waals surface area contributed by atoms with Gasteiger partial charge in [-0.25, -0.2) is 9.59 Å². The molecule has 1 saturated heterocycles. The number of amides is 1. The minimum atomic E-state index is -4.36. The standard InChI is InChI=1S/C14H18F3N3O.C2H2O4/c1-19-6-8-20(9-7-19)10-13(21)18-12-4-2-11(3-5-12)14(15,16)17;3-1(4)2(5)6/h2-5H,6-10H2,1H3,(H,18,21);(H,3,4)(H,5,6). The number of aliphatic carboxylic acids is 2. The molecule has 8 nitrogen and oxygen atoms in total. The van der Waals surface area contributed by atoms with Gasteiger partial charge in [-0.15, -0.1) is 0 Å². The van der Waals surface area contributed by atoms with Crippen molar-refractivity contribution in [2.45, 2.75) is 6.18 Å². The topological polar surface area (TPSA) is 110 Å². The second-order valence-electron chi connectivity index (χ2n) is 5.81. The van der Waals surface area contributed by atoms with Crippen molar-refractivity contribution in [2.24, 2.45) is 0 Å². The number of nitrogens with zero attached hydrogens (tertiary/aromatic N) is 2. The monoisotopic (exact) mass is 391 g/mol. The number of alkyl halides is 3. The van der Waals surface area contributed by atoms with Crippen LogP contribution in [0.3, 0.4) is 0 Å². The fourth-order valence-electron chi connectivity index (χ4n) is 2.15. The summed E-state index contributed by atoms with van der Waals surface area (Å²) in [4.78, 5) is 34.3. The molecule has 0 atom stereocenters. The molecule has 1 aromatic rings. The lowest BCUT2D eigenvalue weighted by Gasteiger charge is -2.31. The minimum absolute atomic E-state index is 0.209. The van der Waals surface area contributed by atoms with Crippen molar-refractivity contribution in [2.75, 3.05) is 45.1 Å². The van der Waals surface area contributed by atoms with E-state index in [1.54, 1.807) is 0 Å². The Morgan fingerprint density at radius 1 is 1.00 bits per heavy atom. The van der Waals surface area contributed by atoms with Crippen molar-refractivity contribution in [3.63, 3.8) is 0 Å². The summed E-state index contributed by atoms with van der Waals surface area (Å²) in [5.74, 6) is -3.86. The highest BCUT2D eigenvalue weighted by molar-refractivity contribution is 6.27. The maximum absolute atomic E-state index is 12.4. The number of rotatable bonds is 3. The molecule has 0 spiro atoms. The van der Waals surface area contributed by atoms with E-state index in [9.17, 15) is 18.0 Å². The first-order valence-corrected chi connectivity index (χ1v) is 7.83. The largest absolute Gasteiger partial charge is 0.473 e. The van der Waals surface area contributed by atoms with Crippen LogP contribution >= 0.6 is 0 Å². The highest BCUT2D eigenvalue weighted by Gasteiger charge is 2.30. The maximum Gasteiger partial charge on any atom is 0.416 e. The Balaban J connectivity index is 0.000000527. The summed E-state index contributed by atoms with van der Waals surface area (Å²) in [5, 5.41) is 17.4. The average molecular weight is 391 g/mol. The number of halogens is 3. The molecule has 0 saturated carbocycles. The summed E-state index contributed by atoms with van der Waals surface area (Å²) >= 11 is 0. The third kappa shape index (κ3) is 8.51. The van der Waals surface area contributed by atoms with Crippen molar-refractivity contribution in [3.05, 3.63) is 29.8 Å². The zero-order chi connectivity index (χ0) is 20.6. The lowest BCUT2D eigenvalue weighted by molar-refractivity contribution is -0.159. The lowest BCUT2D eigenvalue weighted by atomic mass is 10.2. The SMILES string of the molecule is CN1CCN(CC(=O)Nc2ccc(C(F)(F)F)cc2)CC1.O=C(O)C(=O)O. The van der Waals surface area contributed by atoms with Gasteiger partial charge in [-0.05, 0) is 31.3 Å². The first-order valence-electron chi connectivity index (χ1n) is 7.83. The second-order valence-corrected chi connectivity index (χ2v) is 5.81. The van der Waals surface area contributed by atoms with Gasteiger partial charge in [0.2, 0.25) is 5.91 Å². The number of carboxylic acids is 2. The molecule has 1 heterocycles. The van der Waals surface area contributed by atoms with Crippen molar-refractivity contribution in [1.29, 1.82) is 0 Å². The number of piperazine rings is 1. The number of carboxylic acid groups (broad SMARTS) is 2. The molecule has 1 aromatic carbocycles. The van der Waals surface area contributed by atoms with Gasteiger partial charge in [0.1, 0.15) is 0 Å². The summed E-state index contributed by atoms with van der Waals surface area (Å²) in [5.41, 5.74) is -0.346.